The lowest BCUT2D eigenvalue weighted by atomic mass is 10.0. The molecule has 350 valence electrons. The van der Waals surface area contributed by atoms with Crippen LogP contribution in [0.1, 0.15) is 258 Å². The summed E-state index contributed by atoms with van der Waals surface area (Å²) in [6.07, 6.45) is 50.1. The highest BCUT2D eigenvalue weighted by molar-refractivity contribution is 7.47. The van der Waals surface area contributed by atoms with Gasteiger partial charge < -0.3 is 20.1 Å². The second kappa shape index (κ2) is 46.3. The van der Waals surface area contributed by atoms with E-state index in [2.05, 4.69) is 31.3 Å². The minimum atomic E-state index is -4.42. The number of amides is 1. The number of aliphatic hydroxyl groups excluding tert-OH is 1. The summed E-state index contributed by atoms with van der Waals surface area (Å²) in [6.45, 7) is 3.59. The molecule has 0 rings (SSSR count). The highest BCUT2D eigenvalue weighted by Gasteiger charge is 2.23. The topological polar surface area (TPSA) is 131 Å². The van der Waals surface area contributed by atoms with Crippen molar-refractivity contribution in [2.24, 2.45) is 0 Å². The number of hydrogen-bond donors (Lipinski definition) is 3. The lowest BCUT2D eigenvalue weighted by Gasteiger charge is -2.15. The third-order valence-corrected chi connectivity index (χ3v) is 12.2. The van der Waals surface area contributed by atoms with Crippen LogP contribution < -0.4 is 5.32 Å². The van der Waals surface area contributed by atoms with Gasteiger partial charge in [0.25, 0.3) is 0 Å². The van der Waals surface area contributed by atoms with Crippen molar-refractivity contribution >= 4 is 19.7 Å². The molecule has 0 saturated heterocycles. The highest BCUT2D eigenvalue weighted by Crippen LogP contribution is 2.42. The van der Waals surface area contributed by atoms with Crippen LogP contribution in [0.2, 0.25) is 0 Å². The van der Waals surface area contributed by atoms with Crippen LogP contribution in [0.3, 0.4) is 0 Å². The van der Waals surface area contributed by atoms with Crippen LogP contribution in [0.25, 0.3) is 0 Å². The fourth-order valence-corrected chi connectivity index (χ4v) is 8.13. The van der Waals surface area contributed by atoms with Crippen LogP contribution >= 0.6 is 7.82 Å². The number of unbranched alkanes of at least 4 members (excludes halogenated alkanes) is 33. The van der Waals surface area contributed by atoms with Gasteiger partial charge in [-0.25, -0.2) is 4.57 Å². The SMILES string of the molecule is CCCCCCCC/C=C\CCCCCCCC(=O)NCCOP(=O)(O)OCC(O)COC(=O)CCCCCCCCCCCCCCCCCCCCCCCCC. The molecule has 0 spiro atoms. The number of aliphatic hydroxyl groups is 1. The number of phosphoric acid groups is 1. The van der Waals surface area contributed by atoms with Crippen molar-refractivity contribution in [2.75, 3.05) is 26.4 Å². The van der Waals surface area contributed by atoms with Gasteiger partial charge in [-0.2, -0.15) is 0 Å². The molecule has 2 atom stereocenters. The number of hydrogen-bond acceptors (Lipinski definition) is 7. The van der Waals surface area contributed by atoms with Gasteiger partial charge in [0.05, 0.1) is 13.2 Å². The first-order chi connectivity index (χ1) is 28.8. The van der Waals surface area contributed by atoms with E-state index in [-0.39, 0.29) is 32.1 Å². The molecule has 0 fully saturated rings. The molecule has 59 heavy (non-hydrogen) atoms. The Labute approximate surface area is 364 Å². The first-order valence-electron chi connectivity index (χ1n) is 25.2. The van der Waals surface area contributed by atoms with E-state index in [0.717, 1.165) is 44.9 Å². The largest absolute Gasteiger partial charge is 0.472 e. The molecule has 0 aliphatic rings. The number of ether oxygens (including phenoxy) is 1. The molecule has 0 aromatic carbocycles. The van der Waals surface area contributed by atoms with E-state index in [1.807, 2.05) is 0 Å². The molecule has 0 aromatic rings. The minimum Gasteiger partial charge on any atom is -0.463 e. The van der Waals surface area contributed by atoms with E-state index in [4.69, 9.17) is 13.8 Å². The molecule has 2 unspecified atom stereocenters. The lowest BCUT2D eigenvalue weighted by molar-refractivity contribution is -0.147. The van der Waals surface area contributed by atoms with Crippen LogP contribution in [0.4, 0.5) is 0 Å². The summed E-state index contributed by atoms with van der Waals surface area (Å²) in [5, 5.41) is 12.7. The maximum atomic E-state index is 12.1. The van der Waals surface area contributed by atoms with E-state index < -0.39 is 26.5 Å². The maximum Gasteiger partial charge on any atom is 0.472 e. The molecule has 0 radical (unpaired) electrons. The van der Waals surface area contributed by atoms with Gasteiger partial charge >= 0.3 is 13.8 Å². The molecule has 0 aliphatic carbocycles. The van der Waals surface area contributed by atoms with Crippen molar-refractivity contribution in [1.29, 1.82) is 0 Å². The van der Waals surface area contributed by atoms with Gasteiger partial charge in [0.1, 0.15) is 12.7 Å². The summed E-state index contributed by atoms with van der Waals surface area (Å²) in [7, 11) is -4.42. The molecular formula is C49H96NO8P. The smallest absolute Gasteiger partial charge is 0.463 e. The van der Waals surface area contributed by atoms with Crippen molar-refractivity contribution < 1.29 is 37.9 Å². The summed E-state index contributed by atoms with van der Waals surface area (Å²) in [4.78, 5) is 34.0. The Bertz CT molecular complexity index is 980. The van der Waals surface area contributed by atoms with Crippen molar-refractivity contribution in [1.82, 2.24) is 5.32 Å². The zero-order valence-corrected chi connectivity index (χ0v) is 39.6. The summed E-state index contributed by atoms with van der Waals surface area (Å²) in [6, 6.07) is 0. The molecule has 0 aliphatic heterocycles. The predicted octanol–water partition coefficient (Wildman–Crippen LogP) is 14.6. The quantitative estimate of drug-likeness (QED) is 0.0239. The van der Waals surface area contributed by atoms with E-state index >= 15 is 0 Å². The molecule has 10 heteroatoms. The molecule has 1 amide bonds. The van der Waals surface area contributed by atoms with E-state index in [1.54, 1.807) is 0 Å². The predicted molar refractivity (Wildman–Crippen MR) is 248 cm³/mol. The van der Waals surface area contributed by atoms with Gasteiger partial charge in [0.2, 0.25) is 5.91 Å². The third-order valence-electron chi connectivity index (χ3n) is 11.2. The van der Waals surface area contributed by atoms with Crippen molar-refractivity contribution in [3.8, 4) is 0 Å². The Balaban J connectivity index is 3.51. The Hall–Kier alpha value is -1.25. The summed E-state index contributed by atoms with van der Waals surface area (Å²) in [5.74, 6) is -0.512. The maximum absolute atomic E-state index is 12.1. The van der Waals surface area contributed by atoms with Crippen molar-refractivity contribution in [3.05, 3.63) is 12.2 Å². The number of allylic oxidation sites excluding steroid dienone is 2. The Morgan fingerprint density at radius 1 is 0.508 bits per heavy atom. The van der Waals surface area contributed by atoms with E-state index in [0.29, 0.717) is 6.42 Å². The third kappa shape index (κ3) is 47.6. The van der Waals surface area contributed by atoms with Crippen molar-refractivity contribution in [2.45, 2.75) is 264 Å². The number of nitrogens with one attached hydrogen (secondary N) is 1. The summed E-state index contributed by atoms with van der Waals surface area (Å²) in [5.41, 5.74) is 0. The lowest BCUT2D eigenvalue weighted by Crippen LogP contribution is -2.27. The number of phosphoric ester groups is 1. The first kappa shape index (κ1) is 57.8. The molecule has 0 saturated carbocycles. The fraction of sp³-hybridized carbons (Fsp3) is 0.918. The standard InChI is InChI=1S/C49H96NO8P/c1-3-5-7-9-11-13-15-17-19-20-21-22-23-24-25-26-28-30-32-34-36-38-40-42-49(53)56-45-47(51)46-58-59(54,55)57-44-43-50-48(52)41-39-37-35-33-31-29-27-18-16-14-12-10-8-6-4-2/h18,27,47,51H,3-17,19-26,28-46H2,1-2H3,(H,50,52)(H,54,55)/b27-18-. The van der Waals surface area contributed by atoms with Gasteiger partial charge in [-0.15, -0.1) is 0 Å². The second-order valence-electron chi connectivity index (χ2n) is 17.1. The molecule has 3 N–H and O–H groups in total. The molecule has 9 nitrogen and oxygen atoms in total. The van der Waals surface area contributed by atoms with Gasteiger partial charge in [-0.3, -0.25) is 18.6 Å². The summed E-state index contributed by atoms with van der Waals surface area (Å²) < 4.78 is 27.0. The minimum absolute atomic E-state index is 0.0809. The van der Waals surface area contributed by atoms with Crippen LogP contribution in [0, 0.1) is 0 Å². The Morgan fingerprint density at radius 3 is 1.27 bits per heavy atom. The second-order valence-corrected chi connectivity index (χ2v) is 18.6. The highest BCUT2D eigenvalue weighted by atomic mass is 31.2. The fourth-order valence-electron chi connectivity index (χ4n) is 7.38. The molecule has 0 aromatic heterocycles. The Kier molecular flexibility index (Phi) is 45.3. The van der Waals surface area contributed by atoms with Crippen molar-refractivity contribution in [3.63, 3.8) is 0 Å². The number of carbonyl (C=O) groups excluding carboxylic acids is 2. The van der Waals surface area contributed by atoms with E-state index in [9.17, 15) is 24.2 Å². The van der Waals surface area contributed by atoms with Crippen LogP contribution in [0.15, 0.2) is 12.2 Å². The zero-order valence-electron chi connectivity index (χ0n) is 38.7. The van der Waals surface area contributed by atoms with Crippen LogP contribution in [-0.4, -0.2) is 54.3 Å². The molecule has 0 bridgehead atoms. The molecule has 0 heterocycles. The summed E-state index contributed by atoms with van der Waals surface area (Å²) >= 11 is 0. The van der Waals surface area contributed by atoms with Gasteiger partial charge in [-0.1, -0.05) is 219 Å². The first-order valence-corrected chi connectivity index (χ1v) is 26.7. The number of esters is 1. The van der Waals surface area contributed by atoms with E-state index in [1.165, 1.54) is 186 Å². The average Bonchev–Trinajstić information content (AvgIpc) is 3.22. The monoisotopic (exact) mass is 858 g/mol. The van der Waals surface area contributed by atoms with Gasteiger partial charge in [0.15, 0.2) is 0 Å². The number of carbonyl (C=O) groups is 2. The van der Waals surface area contributed by atoms with Gasteiger partial charge in [0, 0.05) is 19.4 Å². The normalized spacial score (nSPS) is 13.2. The average molecular weight is 858 g/mol. The van der Waals surface area contributed by atoms with Crippen LogP contribution in [0.5, 0.6) is 0 Å². The molecular weight excluding hydrogens is 762 g/mol. The van der Waals surface area contributed by atoms with Gasteiger partial charge in [-0.05, 0) is 38.5 Å². The zero-order chi connectivity index (χ0) is 43.2. The Morgan fingerprint density at radius 2 is 0.864 bits per heavy atom. The van der Waals surface area contributed by atoms with Crippen LogP contribution in [-0.2, 0) is 27.9 Å². The number of rotatable bonds is 48.